The molecule has 0 aliphatic rings. The van der Waals surface area contributed by atoms with Gasteiger partial charge in [0, 0.05) is 12.5 Å². The second kappa shape index (κ2) is 6.60. The van der Waals surface area contributed by atoms with Gasteiger partial charge in [-0.2, -0.15) is 13.8 Å². The van der Waals surface area contributed by atoms with E-state index in [9.17, 15) is 13.9 Å². The number of halogens is 2. The summed E-state index contributed by atoms with van der Waals surface area (Å²) in [7, 11) is 1.57. The smallest absolute Gasteiger partial charge is 0.322 e. The number of aliphatic hydroxyl groups excluding tert-OH is 1. The molecule has 0 fully saturated rings. The monoisotopic (exact) mass is 346 g/mol. The van der Waals surface area contributed by atoms with Gasteiger partial charge >= 0.3 is 5.92 Å². The summed E-state index contributed by atoms with van der Waals surface area (Å²) in [6.07, 6.45) is -0.819. The number of benzene rings is 2. The molecule has 0 bridgehead atoms. The van der Waals surface area contributed by atoms with Crippen LogP contribution in [0.3, 0.4) is 0 Å². The normalized spacial score (nSPS) is 12.8. The van der Waals surface area contributed by atoms with Gasteiger partial charge in [-0.25, -0.2) is 0 Å². The minimum Gasteiger partial charge on any atom is -0.497 e. The third-order valence-corrected chi connectivity index (χ3v) is 3.72. The Hall–Kier alpha value is -2.80. The van der Waals surface area contributed by atoms with Crippen molar-refractivity contribution in [3.63, 3.8) is 0 Å². The van der Waals surface area contributed by atoms with Crippen molar-refractivity contribution in [1.82, 2.24) is 10.1 Å². The first-order chi connectivity index (χ1) is 11.9. The molecule has 0 aliphatic heterocycles. The minimum absolute atomic E-state index is 0.0713. The van der Waals surface area contributed by atoms with Crippen LogP contribution in [0.25, 0.3) is 11.4 Å². The van der Waals surface area contributed by atoms with Gasteiger partial charge in [0.05, 0.1) is 7.11 Å². The minimum atomic E-state index is -3.18. The Morgan fingerprint density at radius 1 is 1.04 bits per heavy atom. The van der Waals surface area contributed by atoms with Crippen LogP contribution in [-0.2, 0) is 5.92 Å². The lowest BCUT2D eigenvalue weighted by Gasteiger charge is -2.12. The standard InChI is InChI=1S/C18H16F2N2O3/c1-18(19,20)17-21-16(22-25-17)13-5-3-11(4-6-13)15(23)12-7-9-14(24-2)10-8-12/h3-10,15,23H,1-2H3. The van der Waals surface area contributed by atoms with Crippen LogP contribution in [-0.4, -0.2) is 22.4 Å². The highest BCUT2D eigenvalue weighted by Crippen LogP contribution is 2.29. The van der Waals surface area contributed by atoms with Crippen molar-refractivity contribution in [3.8, 4) is 17.1 Å². The SMILES string of the molecule is COc1ccc(C(O)c2ccc(-c3noc(C(C)(F)F)n3)cc2)cc1. The van der Waals surface area contributed by atoms with Gasteiger partial charge in [0.25, 0.3) is 5.89 Å². The molecule has 0 spiro atoms. The van der Waals surface area contributed by atoms with E-state index in [4.69, 9.17) is 4.74 Å². The maximum atomic E-state index is 13.2. The Labute approximate surface area is 142 Å². The van der Waals surface area contributed by atoms with Crippen LogP contribution >= 0.6 is 0 Å². The Morgan fingerprint density at radius 3 is 2.08 bits per heavy atom. The quantitative estimate of drug-likeness (QED) is 0.758. The molecule has 1 atom stereocenters. The number of alkyl halides is 2. The average Bonchev–Trinajstić information content (AvgIpc) is 3.12. The average molecular weight is 346 g/mol. The number of ether oxygens (including phenoxy) is 1. The van der Waals surface area contributed by atoms with E-state index in [2.05, 4.69) is 14.7 Å². The lowest BCUT2D eigenvalue weighted by atomic mass is 10.0. The van der Waals surface area contributed by atoms with E-state index in [0.29, 0.717) is 29.4 Å². The van der Waals surface area contributed by atoms with Crippen molar-refractivity contribution in [2.24, 2.45) is 0 Å². The fraction of sp³-hybridized carbons (Fsp3) is 0.222. The summed E-state index contributed by atoms with van der Waals surface area (Å²) in [5.74, 6) is -3.14. The van der Waals surface area contributed by atoms with Crippen LogP contribution in [0, 0.1) is 0 Å². The van der Waals surface area contributed by atoms with Crippen LogP contribution in [0.15, 0.2) is 53.1 Å². The maximum absolute atomic E-state index is 13.2. The van der Waals surface area contributed by atoms with E-state index in [1.807, 2.05) is 0 Å². The summed E-state index contributed by atoms with van der Waals surface area (Å²) in [5.41, 5.74) is 1.88. The number of hydrogen-bond donors (Lipinski definition) is 1. The van der Waals surface area contributed by atoms with Gasteiger partial charge in [0.1, 0.15) is 11.9 Å². The molecular weight excluding hydrogens is 330 g/mol. The van der Waals surface area contributed by atoms with E-state index >= 15 is 0 Å². The number of aromatic nitrogens is 2. The number of hydrogen-bond acceptors (Lipinski definition) is 5. The van der Waals surface area contributed by atoms with Crippen molar-refractivity contribution < 1.29 is 23.1 Å². The Kier molecular flexibility index (Phi) is 4.50. The third-order valence-electron chi connectivity index (χ3n) is 3.72. The molecule has 3 rings (SSSR count). The zero-order chi connectivity index (χ0) is 18.0. The molecule has 1 aromatic heterocycles. The molecule has 0 amide bonds. The van der Waals surface area contributed by atoms with Crippen LogP contribution in [0.1, 0.15) is 30.0 Å². The van der Waals surface area contributed by atoms with Gasteiger partial charge in [-0.15, -0.1) is 0 Å². The Bertz CT molecular complexity index is 840. The van der Waals surface area contributed by atoms with Gasteiger partial charge in [0.2, 0.25) is 5.82 Å². The van der Waals surface area contributed by atoms with E-state index in [1.165, 1.54) is 0 Å². The van der Waals surface area contributed by atoms with Gasteiger partial charge < -0.3 is 14.4 Å². The van der Waals surface area contributed by atoms with Crippen molar-refractivity contribution in [1.29, 1.82) is 0 Å². The first kappa shape index (κ1) is 17.0. The Morgan fingerprint density at radius 2 is 1.60 bits per heavy atom. The van der Waals surface area contributed by atoms with Gasteiger partial charge in [-0.3, -0.25) is 0 Å². The zero-order valence-electron chi connectivity index (χ0n) is 13.6. The molecule has 1 heterocycles. The van der Waals surface area contributed by atoms with Crippen molar-refractivity contribution in [3.05, 3.63) is 65.5 Å². The molecule has 1 N–H and O–H groups in total. The summed E-state index contributed by atoms with van der Waals surface area (Å²) in [6, 6.07) is 13.7. The van der Waals surface area contributed by atoms with Crippen molar-refractivity contribution in [2.45, 2.75) is 19.0 Å². The molecule has 0 aliphatic carbocycles. The number of nitrogens with zero attached hydrogens (tertiary/aromatic N) is 2. The molecule has 0 saturated carbocycles. The molecule has 0 radical (unpaired) electrons. The first-order valence-electron chi connectivity index (χ1n) is 7.53. The van der Waals surface area contributed by atoms with Gasteiger partial charge in [-0.1, -0.05) is 41.6 Å². The third kappa shape index (κ3) is 3.66. The molecular formula is C18H16F2N2O3. The van der Waals surface area contributed by atoms with E-state index in [0.717, 1.165) is 0 Å². The van der Waals surface area contributed by atoms with Crippen molar-refractivity contribution >= 4 is 0 Å². The molecule has 25 heavy (non-hydrogen) atoms. The van der Waals surface area contributed by atoms with E-state index in [1.54, 1.807) is 55.6 Å². The summed E-state index contributed by atoms with van der Waals surface area (Å²) < 4.78 is 36.0. The first-order valence-corrected chi connectivity index (χ1v) is 7.53. The second-order valence-corrected chi connectivity index (χ2v) is 5.61. The largest absolute Gasteiger partial charge is 0.497 e. The van der Waals surface area contributed by atoms with Crippen LogP contribution < -0.4 is 4.74 Å². The summed E-state index contributed by atoms with van der Waals surface area (Å²) in [5, 5.41) is 14.0. The predicted molar refractivity (Wildman–Crippen MR) is 86.4 cm³/mol. The highest BCUT2D eigenvalue weighted by atomic mass is 19.3. The fourth-order valence-electron chi connectivity index (χ4n) is 2.31. The van der Waals surface area contributed by atoms with Crippen LogP contribution in [0.2, 0.25) is 0 Å². The molecule has 130 valence electrons. The topological polar surface area (TPSA) is 68.4 Å². The predicted octanol–water partition coefficient (Wildman–Crippen LogP) is 3.94. The molecule has 3 aromatic rings. The maximum Gasteiger partial charge on any atom is 0.322 e. The van der Waals surface area contributed by atoms with Gasteiger partial charge in [-0.05, 0) is 23.3 Å². The number of aliphatic hydroxyl groups is 1. The highest BCUT2D eigenvalue weighted by molar-refractivity contribution is 5.55. The molecule has 5 nitrogen and oxygen atoms in total. The lowest BCUT2D eigenvalue weighted by Crippen LogP contribution is -2.07. The van der Waals surface area contributed by atoms with Crippen molar-refractivity contribution in [2.75, 3.05) is 7.11 Å². The number of methoxy groups -OCH3 is 1. The Balaban J connectivity index is 1.80. The molecule has 7 heteroatoms. The summed E-state index contributed by atoms with van der Waals surface area (Å²) in [4.78, 5) is 3.70. The zero-order valence-corrected chi connectivity index (χ0v) is 13.6. The van der Waals surface area contributed by atoms with Gasteiger partial charge in [0.15, 0.2) is 0 Å². The molecule has 1 unspecified atom stereocenters. The fourth-order valence-corrected chi connectivity index (χ4v) is 2.31. The van der Waals surface area contributed by atoms with E-state index < -0.39 is 17.9 Å². The molecule has 2 aromatic carbocycles. The summed E-state index contributed by atoms with van der Waals surface area (Å²) in [6.45, 7) is 0.693. The second-order valence-electron chi connectivity index (χ2n) is 5.61. The van der Waals surface area contributed by atoms with Crippen LogP contribution in [0.4, 0.5) is 8.78 Å². The number of rotatable bonds is 5. The van der Waals surface area contributed by atoms with E-state index in [-0.39, 0.29) is 5.82 Å². The van der Waals surface area contributed by atoms with Crippen LogP contribution in [0.5, 0.6) is 5.75 Å². The highest BCUT2D eigenvalue weighted by Gasteiger charge is 2.32. The molecule has 0 saturated heterocycles. The summed E-state index contributed by atoms with van der Waals surface area (Å²) >= 11 is 0. The lowest BCUT2D eigenvalue weighted by molar-refractivity contribution is -0.0158.